The molecule has 4 nitrogen and oxygen atoms in total. The Balaban J connectivity index is 2.21. The van der Waals surface area contributed by atoms with Gasteiger partial charge < -0.3 is 21.7 Å². The minimum absolute atomic E-state index is 0.131. The Morgan fingerprint density at radius 1 is 0.826 bits per heavy atom. The van der Waals surface area contributed by atoms with Gasteiger partial charge in [0.1, 0.15) is 0 Å². The van der Waals surface area contributed by atoms with E-state index in [1.807, 2.05) is 0 Å². The smallest absolute Gasteiger partial charge is 0.0719 e. The summed E-state index contributed by atoms with van der Waals surface area (Å²) in [7, 11) is 0. The molecule has 2 rings (SSSR count). The van der Waals surface area contributed by atoms with Crippen LogP contribution in [0.15, 0.2) is 0 Å². The van der Waals surface area contributed by atoms with E-state index in [0.717, 1.165) is 19.3 Å². The van der Waals surface area contributed by atoms with Gasteiger partial charge in [0.2, 0.25) is 0 Å². The van der Waals surface area contributed by atoms with Crippen molar-refractivity contribution in [2.45, 2.75) is 78.2 Å². The zero-order valence-electron chi connectivity index (χ0n) is 15.5. The Bertz CT molecular complexity index is 358. The van der Waals surface area contributed by atoms with E-state index in [2.05, 4.69) is 34.6 Å². The largest absolute Gasteiger partial charge is 0.391 e. The fourth-order valence-electron chi connectivity index (χ4n) is 5.57. The zero-order valence-corrected chi connectivity index (χ0v) is 15.5. The van der Waals surface area contributed by atoms with Gasteiger partial charge in [0.15, 0.2) is 0 Å². The van der Waals surface area contributed by atoms with E-state index in [1.54, 1.807) is 0 Å². The highest BCUT2D eigenvalue weighted by molar-refractivity contribution is 4.99. The first-order valence-corrected chi connectivity index (χ1v) is 9.57. The lowest BCUT2D eigenvalue weighted by Crippen LogP contribution is -2.56. The second-order valence-corrected chi connectivity index (χ2v) is 8.68. The molecule has 0 aliphatic heterocycles. The molecule has 0 aromatic heterocycles. The normalized spacial score (nSPS) is 53.1. The molecule has 0 aromatic rings. The Kier molecular flexibility index (Phi) is 6.15. The van der Waals surface area contributed by atoms with Crippen molar-refractivity contribution in [1.29, 1.82) is 0 Å². The van der Waals surface area contributed by atoms with Crippen molar-refractivity contribution in [1.82, 2.24) is 0 Å². The van der Waals surface area contributed by atoms with Crippen molar-refractivity contribution in [3.05, 3.63) is 0 Å². The molecule has 6 N–H and O–H groups in total. The Morgan fingerprint density at radius 3 is 1.48 bits per heavy atom. The monoisotopic (exact) mass is 326 g/mol. The van der Waals surface area contributed by atoms with E-state index < -0.39 is 0 Å². The van der Waals surface area contributed by atoms with Gasteiger partial charge in [-0.15, -0.1) is 0 Å². The molecule has 10 atom stereocenters. The summed E-state index contributed by atoms with van der Waals surface area (Å²) in [5, 5.41) is 20.6. The van der Waals surface area contributed by atoms with Crippen molar-refractivity contribution in [2.75, 3.05) is 0 Å². The molecule has 0 saturated heterocycles. The molecule has 0 aromatic carbocycles. The van der Waals surface area contributed by atoms with Gasteiger partial charge >= 0.3 is 0 Å². The van der Waals surface area contributed by atoms with E-state index >= 15 is 0 Å². The Labute approximate surface area is 142 Å². The average Bonchev–Trinajstić information content (AvgIpc) is 2.53. The minimum atomic E-state index is -0.384. The van der Waals surface area contributed by atoms with Crippen molar-refractivity contribution in [3.8, 4) is 0 Å². The average molecular weight is 327 g/mol. The van der Waals surface area contributed by atoms with Crippen LogP contribution in [-0.2, 0) is 0 Å². The first-order valence-electron chi connectivity index (χ1n) is 9.57. The number of hydrogen-bond acceptors (Lipinski definition) is 4. The van der Waals surface area contributed by atoms with Crippen molar-refractivity contribution >= 4 is 0 Å². The van der Waals surface area contributed by atoms with Gasteiger partial charge in [-0.2, -0.15) is 0 Å². The van der Waals surface area contributed by atoms with Gasteiger partial charge in [-0.05, 0) is 54.3 Å². The SMILES string of the molecule is CCC(C1CC(C)C(O)C(N)C1C)C1CC(C)C(O)C(N)C1C. The van der Waals surface area contributed by atoms with Gasteiger partial charge in [-0.25, -0.2) is 0 Å². The summed E-state index contributed by atoms with van der Waals surface area (Å²) in [5.74, 6) is 2.83. The molecule has 2 fully saturated rings. The van der Waals surface area contributed by atoms with Crippen LogP contribution in [0, 0.1) is 41.4 Å². The number of aliphatic hydroxyl groups excluding tert-OH is 2. The standard InChI is InChI=1S/C19H38N2O2/c1-6-13(14-7-9(2)18(22)16(20)11(14)4)15-8-10(3)19(23)17(21)12(15)5/h9-19,22-23H,6-8,20-21H2,1-5H3. The van der Waals surface area contributed by atoms with E-state index in [4.69, 9.17) is 11.5 Å². The molecule has 0 radical (unpaired) electrons. The van der Waals surface area contributed by atoms with Gasteiger partial charge in [-0.3, -0.25) is 0 Å². The summed E-state index contributed by atoms with van der Waals surface area (Å²) >= 11 is 0. The third-order valence-electron chi connectivity index (χ3n) is 7.38. The van der Waals surface area contributed by atoms with E-state index in [9.17, 15) is 10.2 Å². The molecule has 0 amide bonds. The maximum atomic E-state index is 10.3. The van der Waals surface area contributed by atoms with Gasteiger partial charge in [-0.1, -0.05) is 41.0 Å². The van der Waals surface area contributed by atoms with E-state index in [-0.39, 0.29) is 36.1 Å². The van der Waals surface area contributed by atoms with Crippen molar-refractivity contribution in [2.24, 2.45) is 52.9 Å². The third-order valence-corrected chi connectivity index (χ3v) is 7.38. The topological polar surface area (TPSA) is 92.5 Å². The lowest BCUT2D eigenvalue weighted by atomic mass is 9.57. The van der Waals surface area contributed by atoms with Crippen LogP contribution in [0.2, 0.25) is 0 Å². The third kappa shape index (κ3) is 3.46. The highest BCUT2D eigenvalue weighted by Gasteiger charge is 2.47. The molecule has 0 heterocycles. The molecule has 136 valence electrons. The van der Waals surface area contributed by atoms with Crippen molar-refractivity contribution in [3.63, 3.8) is 0 Å². The van der Waals surface area contributed by atoms with Crippen LogP contribution in [0.25, 0.3) is 0 Å². The van der Waals surface area contributed by atoms with Crippen LogP contribution in [-0.4, -0.2) is 34.5 Å². The number of hydrogen-bond donors (Lipinski definition) is 4. The fourth-order valence-corrected chi connectivity index (χ4v) is 5.57. The fraction of sp³-hybridized carbons (Fsp3) is 1.00. The summed E-state index contributed by atoms with van der Waals surface area (Å²) in [6.07, 6.45) is 2.44. The number of aliphatic hydroxyl groups is 2. The second kappa shape index (κ2) is 7.38. The summed E-state index contributed by atoms with van der Waals surface area (Å²) in [6.45, 7) is 10.9. The molecule has 0 bridgehead atoms. The van der Waals surface area contributed by atoms with Crippen LogP contribution >= 0.6 is 0 Å². The molecule has 23 heavy (non-hydrogen) atoms. The lowest BCUT2D eigenvalue weighted by Gasteiger charge is -2.51. The van der Waals surface area contributed by atoms with Gasteiger partial charge in [0.05, 0.1) is 12.2 Å². The molecule has 4 heteroatoms. The Morgan fingerprint density at radius 2 is 1.17 bits per heavy atom. The first kappa shape index (κ1) is 19.2. The second-order valence-electron chi connectivity index (χ2n) is 8.68. The van der Waals surface area contributed by atoms with Crippen LogP contribution in [0.4, 0.5) is 0 Å². The molecule has 2 aliphatic carbocycles. The number of nitrogens with two attached hydrogens (primary N) is 2. The summed E-state index contributed by atoms with van der Waals surface area (Å²) in [6, 6.07) is -0.262. The summed E-state index contributed by atoms with van der Waals surface area (Å²) < 4.78 is 0. The zero-order chi connectivity index (χ0) is 17.5. The van der Waals surface area contributed by atoms with E-state index in [0.29, 0.717) is 29.6 Å². The summed E-state index contributed by atoms with van der Waals surface area (Å²) in [4.78, 5) is 0. The van der Waals surface area contributed by atoms with Crippen LogP contribution in [0.5, 0.6) is 0 Å². The Hall–Kier alpha value is -0.160. The molecule has 2 saturated carbocycles. The molecular weight excluding hydrogens is 288 g/mol. The van der Waals surface area contributed by atoms with Gasteiger partial charge in [0, 0.05) is 12.1 Å². The predicted molar refractivity (Wildman–Crippen MR) is 94.6 cm³/mol. The highest BCUT2D eigenvalue weighted by Crippen LogP contribution is 2.47. The molecule has 0 spiro atoms. The lowest BCUT2D eigenvalue weighted by molar-refractivity contribution is -0.0567. The van der Waals surface area contributed by atoms with Crippen LogP contribution in [0.1, 0.15) is 53.9 Å². The van der Waals surface area contributed by atoms with Crippen molar-refractivity contribution < 1.29 is 10.2 Å². The summed E-state index contributed by atoms with van der Waals surface area (Å²) in [5.41, 5.74) is 12.6. The predicted octanol–water partition coefficient (Wildman–Crippen LogP) is 1.97. The van der Waals surface area contributed by atoms with Gasteiger partial charge in [0.25, 0.3) is 0 Å². The molecular formula is C19H38N2O2. The quantitative estimate of drug-likeness (QED) is 0.638. The molecule has 10 unspecified atom stereocenters. The van der Waals surface area contributed by atoms with Crippen LogP contribution in [0.3, 0.4) is 0 Å². The first-order chi connectivity index (χ1) is 10.7. The molecule has 2 aliphatic rings. The number of rotatable bonds is 3. The van der Waals surface area contributed by atoms with Crippen LogP contribution < -0.4 is 11.5 Å². The maximum absolute atomic E-state index is 10.3. The minimum Gasteiger partial charge on any atom is -0.391 e. The maximum Gasteiger partial charge on any atom is 0.0719 e. The van der Waals surface area contributed by atoms with E-state index in [1.165, 1.54) is 0 Å². The highest BCUT2D eigenvalue weighted by atomic mass is 16.3.